The monoisotopic (exact) mass is 160 g/mol. The molecule has 0 saturated carbocycles. The van der Waals surface area contributed by atoms with Gasteiger partial charge in [0.25, 0.3) is 0 Å². The molecular weight excluding hydrogens is 148 g/mol. The largest absolute Gasteiger partial charge is 0.469 e. The first-order valence-corrected chi connectivity index (χ1v) is 4.28. The predicted octanol–water partition coefficient (Wildman–Crippen LogP) is 1.67. The predicted molar refractivity (Wildman–Crippen MR) is 43.8 cm³/mol. The molecule has 0 fully saturated rings. The zero-order valence-electron chi connectivity index (χ0n) is 6.46. The van der Waals surface area contributed by atoms with Crippen molar-refractivity contribution in [1.29, 1.82) is 0 Å². The summed E-state index contributed by atoms with van der Waals surface area (Å²) in [4.78, 5) is 10.7. The Labute approximate surface area is 65.6 Å². The number of thioether (sulfide) groups is 1. The quantitative estimate of drug-likeness (QED) is 0.587. The second-order valence-corrected chi connectivity index (χ2v) is 2.62. The van der Waals surface area contributed by atoms with E-state index in [9.17, 15) is 4.79 Å². The molecule has 0 aromatic carbocycles. The van der Waals surface area contributed by atoms with Crippen molar-refractivity contribution in [3.8, 4) is 0 Å². The molecule has 0 amide bonds. The van der Waals surface area contributed by atoms with Crippen LogP contribution in [-0.2, 0) is 9.53 Å². The molecule has 0 aromatic rings. The molecule has 10 heavy (non-hydrogen) atoms. The Morgan fingerprint density at radius 1 is 1.70 bits per heavy atom. The topological polar surface area (TPSA) is 26.3 Å². The van der Waals surface area contributed by atoms with Crippen molar-refractivity contribution in [2.24, 2.45) is 5.92 Å². The number of esters is 1. The number of ether oxygens (including phenoxy) is 1. The Bertz CT molecular complexity index is 132. The van der Waals surface area contributed by atoms with E-state index in [0.29, 0.717) is 0 Å². The molecule has 0 N–H and O–H groups in total. The fourth-order valence-electron chi connectivity index (χ4n) is 0.461. The SMILES string of the molecule is COC(=O)C(C)/C=C/SC. The molecule has 0 aliphatic carbocycles. The van der Waals surface area contributed by atoms with E-state index in [0.717, 1.165) is 0 Å². The Morgan fingerprint density at radius 3 is 2.70 bits per heavy atom. The number of methoxy groups -OCH3 is 1. The van der Waals surface area contributed by atoms with Crippen LogP contribution in [0.15, 0.2) is 11.5 Å². The minimum absolute atomic E-state index is 0.127. The summed E-state index contributed by atoms with van der Waals surface area (Å²) in [5.41, 5.74) is 0. The lowest BCUT2D eigenvalue weighted by molar-refractivity contribution is -0.143. The highest BCUT2D eigenvalue weighted by molar-refractivity contribution is 8.01. The van der Waals surface area contributed by atoms with E-state index in [4.69, 9.17) is 0 Å². The summed E-state index contributed by atoms with van der Waals surface area (Å²) >= 11 is 1.57. The van der Waals surface area contributed by atoms with Crippen LogP contribution >= 0.6 is 11.8 Å². The highest BCUT2D eigenvalue weighted by atomic mass is 32.2. The van der Waals surface area contributed by atoms with Crippen molar-refractivity contribution in [3.63, 3.8) is 0 Å². The van der Waals surface area contributed by atoms with Gasteiger partial charge in [-0.05, 0) is 18.6 Å². The molecule has 2 nitrogen and oxygen atoms in total. The van der Waals surface area contributed by atoms with E-state index in [2.05, 4.69) is 4.74 Å². The summed E-state index contributed by atoms with van der Waals surface area (Å²) in [5.74, 6) is -0.317. The first kappa shape index (κ1) is 9.56. The van der Waals surface area contributed by atoms with Crippen LogP contribution in [0, 0.1) is 5.92 Å². The maximum absolute atomic E-state index is 10.7. The molecule has 0 aromatic heterocycles. The van der Waals surface area contributed by atoms with Gasteiger partial charge in [0.15, 0.2) is 0 Å². The maximum atomic E-state index is 10.7. The van der Waals surface area contributed by atoms with Crippen molar-refractivity contribution >= 4 is 17.7 Å². The van der Waals surface area contributed by atoms with Crippen LogP contribution < -0.4 is 0 Å². The van der Waals surface area contributed by atoms with Crippen LogP contribution in [0.2, 0.25) is 0 Å². The van der Waals surface area contributed by atoms with Gasteiger partial charge in [-0.1, -0.05) is 6.08 Å². The van der Waals surface area contributed by atoms with Crippen molar-refractivity contribution in [3.05, 3.63) is 11.5 Å². The zero-order chi connectivity index (χ0) is 7.98. The smallest absolute Gasteiger partial charge is 0.312 e. The van der Waals surface area contributed by atoms with E-state index in [1.54, 1.807) is 18.7 Å². The third kappa shape index (κ3) is 3.56. The van der Waals surface area contributed by atoms with E-state index in [1.807, 2.05) is 17.7 Å². The minimum Gasteiger partial charge on any atom is -0.469 e. The molecule has 0 rings (SSSR count). The Balaban J connectivity index is 3.72. The molecule has 0 radical (unpaired) electrons. The Hall–Kier alpha value is -0.440. The highest BCUT2D eigenvalue weighted by Gasteiger charge is 2.07. The third-order valence-electron chi connectivity index (χ3n) is 1.08. The van der Waals surface area contributed by atoms with Gasteiger partial charge in [-0.3, -0.25) is 4.79 Å². The summed E-state index contributed by atoms with van der Waals surface area (Å²) in [6.45, 7) is 1.80. The van der Waals surface area contributed by atoms with Crippen LogP contribution in [0.4, 0.5) is 0 Å². The normalized spacial score (nSPS) is 13.5. The van der Waals surface area contributed by atoms with Gasteiger partial charge in [-0.15, -0.1) is 11.8 Å². The van der Waals surface area contributed by atoms with Gasteiger partial charge in [0.2, 0.25) is 0 Å². The first-order valence-electron chi connectivity index (χ1n) is 2.99. The van der Waals surface area contributed by atoms with Gasteiger partial charge < -0.3 is 4.74 Å². The van der Waals surface area contributed by atoms with Crippen LogP contribution in [-0.4, -0.2) is 19.3 Å². The standard InChI is InChI=1S/C7H12O2S/c1-6(4-5-10-3)7(8)9-2/h4-6H,1-3H3/b5-4+. The van der Waals surface area contributed by atoms with Crippen LogP contribution in [0.25, 0.3) is 0 Å². The van der Waals surface area contributed by atoms with Gasteiger partial charge >= 0.3 is 5.97 Å². The lowest BCUT2D eigenvalue weighted by Gasteiger charge is -2.01. The van der Waals surface area contributed by atoms with Crippen molar-refractivity contribution in [2.45, 2.75) is 6.92 Å². The van der Waals surface area contributed by atoms with Gasteiger partial charge in [0.05, 0.1) is 13.0 Å². The first-order chi connectivity index (χ1) is 4.72. The van der Waals surface area contributed by atoms with Crippen molar-refractivity contribution < 1.29 is 9.53 Å². The molecule has 1 unspecified atom stereocenters. The fourth-order valence-corrected chi connectivity index (χ4v) is 0.854. The Morgan fingerprint density at radius 2 is 2.30 bits per heavy atom. The second-order valence-electron chi connectivity index (χ2n) is 1.88. The summed E-state index contributed by atoms with van der Waals surface area (Å²) in [6, 6.07) is 0. The fraction of sp³-hybridized carbons (Fsp3) is 0.571. The van der Waals surface area contributed by atoms with E-state index in [-0.39, 0.29) is 11.9 Å². The summed E-state index contributed by atoms with van der Waals surface area (Å²) in [6.07, 6.45) is 3.76. The van der Waals surface area contributed by atoms with Crippen molar-refractivity contribution in [2.75, 3.05) is 13.4 Å². The minimum atomic E-state index is -0.190. The molecule has 3 heteroatoms. The van der Waals surface area contributed by atoms with Crippen LogP contribution in [0.1, 0.15) is 6.92 Å². The second kappa shape index (κ2) is 5.35. The molecule has 0 saturated heterocycles. The molecule has 0 spiro atoms. The third-order valence-corrected chi connectivity index (χ3v) is 1.51. The summed E-state index contributed by atoms with van der Waals surface area (Å²) in [5, 5.41) is 1.88. The van der Waals surface area contributed by atoms with E-state index in [1.165, 1.54) is 7.11 Å². The average Bonchev–Trinajstić information content (AvgIpc) is 1.98. The average molecular weight is 160 g/mol. The maximum Gasteiger partial charge on any atom is 0.312 e. The molecular formula is C7H12O2S. The van der Waals surface area contributed by atoms with E-state index >= 15 is 0 Å². The molecule has 0 bridgehead atoms. The lowest BCUT2D eigenvalue weighted by Crippen LogP contribution is -2.09. The van der Waals surface area contributed by atoms with Gasteiger partial charge in [0.1, 0.15) is 0 Å². The van der Waals surface area contributed by atoms with Crippen molar-refractivity contribution in [1.82, 2.24) is 0 Å². The van der Waals surface area contributed by atoms with E-state index < -0.39 is 0 Å². The molecule has 58 valence electrons. The summed E-state index contributed by atoms with van der Waals surface area (Å²) in [7, 11) is 1.39. The lowest BCUT2D eigenvalue weighted by atomic mass is 10.2. The molecule has 1 atom stereocenters. The molecule has 0 aliphatic rings. The van der Waals surface area contributed by atoms with Gasteiger partial charge in [0, 0.05) is 0 Å². The van der Waals surface area contributed by atoms with Crippen LogP contribution in [0.3, 0.4) is 0 Å². The zero-order valence-corrected chi connectivity index (χ0v) is 7.27. The number of rotatable bonds is 3. The summed E-state index contributed by atoms with van der Waals surface area (Å²) < 4.78 is 4.51. The Kier molecular flexibility index (Phi) is 5.12. The number of carbonyl (C=O) groups is 1. The molecule has 0 aliphatic heterocycles. The van der Waals surface area contributed by atoms with Gasteiger partial charge in [-0.2, -0.15) is 0 Å². The van der Waals surface area contributed by atoms with Crippen LogP contribution in [0.5, 0.6) is 0 Å². The molecule has 0 heterocycles. The number of hydrogen-bond donors (Lipinski definition) is 0. The number of hydrogen-bond acceptors (Lipinski definition) is 3. The van der Waals surface area contributed by atoms with Gasteiger partial charge in [-0.25, -0.2) is 0 Å². The highest BCUT2D eigenvalue weighted by Crippen LogP contribution is 2.03. The number of carbonyl (C=O) groups excluding carboxylic acids is 1.